The minimum Gasteiger partial charge on any atom is -0.465 e. The quantitative estimate of drug-likeness (QED) is 0.692. The fraction of sp³-hybridized carbons (Fsp3) is 0.462. The highest BCUT2D eigenvalue weighted by molar-refractivity contribution is 5.69. The molecule has 1 aromatic rings. The molecule has 0 aliphatic heterocycles. The maximum atomic E-state index is 11.1. The number of carbonyl (C=O) groups excluding carboxylic acids is 1. The molecule has 0 heterocycles. The third-order valence-corrected chi connectivity index (χ3v) is 2.23. The van der Waals surface area contributed by atoms with Gasteiger partial charge in [0.1, 0.15) is 0 Å². The van der Waals surface area contributed by atoms with Crippen molar-refractivity contribution >= 4 is 5.97 Å². The van der Waals surface area contributed by atoms with Crippen molar-refractivity contribution in [1.29, 1.82) is 0 Å². The van der Waals surface area contributed by atoms with E-state index in [1.807, 2.05) is 6.92 Å². The number of ether oxygens (including phenoxy) is 1. The van der Waals surface area contributed by atoms with E-state index in [9.17, 15) is 4.79 Å². The van der Waals surface area contributed by atoms with Crippen LogP contribution < -0.4 is 0 Å². The first-order valence-corrected chi connectivity index (χ1v) is 5.43. The van der Waals surface area contributed by atoms with Gasteiger partial charge in [0.05, 0.1) is 6.61 Å². The fourth-order valence-electron chi connectivity index (χ4n) is 1.31. The van der Waals surface area contributed by atoms with Gasteiger partial charge in [0.25, 0.3) is 0 Å². The van der Waals surface area contributed by atoms with E-state index in [2.05, 4.69) is 31.2 Å². The summed E-state index contributed by atoms with van der Waals surface area (Å²) < 4.78 is 5.08. The molecule has 0 spiro atoms. The average molecular weight is 206 g/mol. The van der Waals surface area contributed by atoms with Crippen molar-refractivity contribution in [2.24, 2.45) is 0 Å². The fourth-order valence-corrected chi connectivity index (χ4v) is 1.31. The van der Waals surface area contributed by atoms with E-state index < -0.39 is 0 Å². The third kappa shape index (κ3) is 4.63. The molecule has 0 bridgehead atoms. The van der Waals surface area contributed by atoms with Crippen LogP contribution in [0, 0.1) is 6.92 Å². The van der Waals surface area contributed by atoms with E-state index in [1.165, 1.54) is 11.1 Å². The van der Waals surface area contributed by atoms with Crippen molar-refractivity contribution in [1.82, 2.24) is 0 Å². The lowest BCUT2D eigenvalue weighted by Crippen LogP contribution is -2.06. The van der Waals surface area contributed by atoms with Gasteiger partial charge in [0, 0.05) is 12.8 Å². The summed E-state index contributed by atoms with van der Waals surface area (Å²) in [7, 11) is 0. The number of carbonyl (C=O) groups is 1. The van der Waals surface area contributed by atoms with Gasteiger partial charge in [-0.25, -0.2) is 0 Å². The Bertz CT molecular complexity index is 301. The zero-order valence-corrected chi connectivity index (χ0v) is 9.45. The Kier molecular flexibility index (Phi) is 4.88. The summed E-state index contributed by atoms with van der Waals surface area (Å²) in [6, 6.07) is 8.29. The van der Waals surface area contributed by atoms with Gasteiger partial charge in [-0.1, -0.05) is 36.8 Å². The Hall–Kier alpha value is -1.31. The second-order valence-corrected chi connectivity index (χ2v) is 3.71. The highest BCUT2D eigenvalue weighted by Crippen LogP contribution is 2.04. The van der Waals surface area contributed by atoms with E-state index >= 15 is 0 Å². The Morgan fingerprint density at radius 2 is 1.93 bits per heavy atom. The Morgan fingerprint density at radius 3 is 2.53 bits per heavy atom. The van der Waals surface area contributed by atoms with Gasteiger partial charge in [-0.3, -0.25) is 4.79 Å². The van der Waals surface area contributed by atoms with E-state index in [0.717, 1.165) is 12.8 Å². The van der Waals surface area contributed by atoms with Crippen LogP contribution in [0.25, 0.3) is 0 Å². The molecule has 0 amide bonds. The van der Waals surface area contributed by atoms with Gasteiger partial charge >= 0.3 is 5.97 Å². The number of aryl methyl sites for hydroxylation is 1. The molecule has 1 rings (SSSR count). The molecule has 0 atom stereocenters. The lowest BCUT2D eigenvalue weighted by Gasteiger charge is -2.04. The van der Waals surface area contributed by atoms with Crippen molar-refractivity contribution in [2.45, 2.75) is 33.1 Å². The number of hydrogen-bond acceptors (Lipinski definition) is 2. The smallest absolute Gasteiger partial charge is 0.305 e. The standard InChI is InChI=1S/C13H18O2/c1-3-4-13(14)15-10-9-12-7-5-11(2)6-8-12/h5-8H,3-4,9-10H2,1-2H3. The van der Waals surface area contributed by atoms with Crippen LogP contribution in [0.2, 0.25) is 0 Å². The van der Waals surface area contributed by atoms with Gasteiger partial charge in [0.15, 0.2) is 0 Å². The number of benzene rings is 1. The molecule has 0 aromatic heterocycles. The van der Waals surface area contributed by atoms with Crippen LogP contribution >= 0.6 is 0 Å². The molecule has 1 aromatic carbocycles. The highest BCUT2D eigenvalue weighted by Gasteiger charge is 2.00. The Balaban J connectivity index is 2.26. The van der Waals surface area contributed by atoms with Crippen LogP contribution in [-0.2, 0) is 16.0 Å². The molecule has 0 radical (unpaired) electrons. The normalized spacial score (nSPS) is 10.0. The largest absolute Gasteiger partial charge is 0.465 e. The van der Waals surface area contributed by atoms with Gasteiger partial charge in [0.2, 0.25) is 0 Å². The summed E-state index contributed by atoms with van der Waals surface area (Å²) in [5.74, 6) is -0.0930. The van der Waals surface area contributed by atoms with Gasteiger partial charge in [-0.15, -0.1) is 0 Å². The molecular weight excluding hydrogens is 188 g/mol. The first-order valence-electron chi connectivity index (χ1n) is 5.43. The third-order valence-electron chi connectivity index (χ3n) is 2.23. The summed E-state index contributed by atoms with van der Waals surface area (Å²) in [6.07, 6.45) is 2.17. The minimum absolute atomic E-state index is 0.0930. The maximum Gasteiger partial charge on any atom is 0.305 e. The SMILES string of the molecule is CCCC(=O)OCCc1ccc(C)cc1. The Morgan fingerprint density at radius 1 is 1.27 bits per heavy atom. The number of esters is 1. The second kappa shape index (κ2) is 6.23. The van der Waals surface area contributed by atoms with E-state index in [0.29, 0.717) is 13.0 Å². The summed E-state index contributed by atoms with van der Waals surface area (Å²) in [5, 5.41) is 0. The van der Waals surface area contributed by atoms with Crippen molar-refractivity contribution in [3.05, 3.63) is 35.4 Å². The van der Waals surface area contributed by atoms with Crippen molar-refractivity contribution in [2.75, 3.05) is 6.61 Å². The van der Waals surface area contributed by atoms with E-state index in [4.69, 9.17) is 4.74 Å². The summed E-state index contributed by atoms with van der Waals surface area (Å²) in [6.45, 7) is 4.52. The zero-order valence-electron chi connectivity index (χ0n) is 9.45. The van der Waals surface area contributed by atoms with Crippen LogP contribution in [0.3, 0.4) is 0 Å². The molecule has 0 saturated heterocycles. The van der Waals surface area contributed by atoms with Gasteiger partial charge < -0.3 is 4.74 Å². The minimum atomic E-state index is -0.0930. The molecule has 0 aliphatic carbocycles. The van der Waals surface area contributed by atoms with Gasteiger partial charge in [-0.05, 0) is 18.9 Å². The second-order valence-electron chi connectivity index (χ2n) is 3.71. The predicted octanol–water partition coefficient (Wildman–Crippen LogP) is 2.88. The zero-order chi connectivity index (χ0) is 11.1. The molecular formula is C13H18O2. The van der Waals surface area contributed by atoms with Crippen LogP contribution in [0.15, 0.2) is 24.3 Å². The Labute approximate surface area is 91.3 Å². The maximum absolute atomic E-state index is 11.1. The first kappa shape index (κ1) is 11.8. The lowest BCUT2D eigenvalue weighted by molar-refractivity contribution is -0.143. The van der Waals surface area contributed by atoms with Crippen LogP contribution in [0.5, 0.6) is 0 Å². The summed E-state index contributed by atoms with van der Waals surface area (Å²) in [5.41, 5.74) is 2.46. The molecule has 2 nitrogen and oxygen atoms in total. The topological polar surface area (TPSA) is 26.3 Å². The van der Waals surface area contributed by atoms with E-state index in [1.54, 1.807) is 0 Å². The van der Waals surface area contributed by atoms with Crippen molar-refractivity contribution in [3.8, 4) is 0 Å². The molecule has 82 valence electrons. The summed E-state index contributed by atoms with van der Waals surface area (Å²) >= 11 is 0. The first-order chi connectivity index (χ1) is 7.22. The molecule has 0 N–H and O–H groups in total. The molecule has 0 aliphatic rings. The summed E-state index contributed by atoms with van der Waals surface area (Å²) in [4.78, 5) is 11.1. The molecule has 0 fully saturated rings. The highest BCUT2D eigenvalue weighted by atomic mass is 16.5. The van der Waals surface area contributed by atoms with Gasteiger partial charge in [-0.2, -0.15) is 0 Å². The van der Waals surface area contributed by atoms with E-state index in [-0.39, 0.29) is 5.97 Å². The molecule has 0 unspecified atom stereocenters. The average Bonchev–Trinajstić information content (AvgIpc) is 2.21. The number of rotatable bonds is 5. The van der Waals surface area contributed by atoms with Crippen molar-refractivity contribution in [3.63, 3.8) is 0 Å². The van der Waals surface area contributed by atoms with Crippen LogP contribution in [0.1, 0.15) is 30.9 Å². The monoisotopic (exact) mass is 206 g/mol. The molecule has 2 heteroatoms. The molecule has 0 saturated carbocycles. The lowest BCUT2D eigenvalue weighted by atomic mass is 10.1. The predicted molar refractivity (Wildman–Crippen MR) is 60.8 cm³/mol. The molecule has 15 heavy (non-hydrogen) atoms. The van der Waals surface area contributed by atoms with Crippen LogP contribution in [-0.4, -0.2) is 12.6 Å². The van der Waals surface area contributed by atoms with Crippen LogP contribution in [0.4, 0.5) is 0 Å². The number of hydrogen-bond donors (Lipinski definition) is 0. The van der Waals surface area contributed by atoms with Crippen molar-refractivity contribution < 1.29 is 9.53 Å².